The summed E-state index contributed by atoms with van der Waals surface area (Å²) < 4.78 is 82.8. The molecule has 2 unspecified atom stereocenters. The van der Waals surface area contributed by atoms with Gasteiger partial charge in [0, 0.05) is 54.0 Å². The molecule has 0 saturated carbocycles. The molecule has 0 aliphatic carbocycles. The molecule has 0 radical (unpaired) electrons. The number of benzene rings is 3. The average Bonchev–Trinajstić information content (AvgIpc) is 3.10. The number of piperidine rings is 1. The fourth-order valence-electron chi connectivity index (χ4n) is 5.90. The van der Waals surface area contributed by atoms with Crippen molar-refractivity contribution in [2.24, 2.45) is 5.92 Å². The molecule has 51 heavy (non-hydrogen) atoms. The number of sulfonamides is 1. The maximum atomic E-state index is 15.9. The van der Waals surface area contributed by atoms with Gasteiger partial charge >= 0.3 is 6.09 Å². The number of aromatic nitrogens is 1. The van der Waals surface area contributed by atoms with Crippen LogP contribution in [0.25, 0.3) is 0 Å². The van der Waals surface area contributed by atoms with Crippen LogP contribution in [-0.2, 0) is 21.3 Å². The molecule has 10 nitrogen and oxygen atoms in total. The van der Waals surface area contributed by atoms with E-state index >= 15 is 8.78 Å². The molecule has 5 rings (SSSR count). The number of hydrogen-bond acceptors (Lipinski definition) is 8. The molecule has 1 amide bonds. The maximum Gasteiger partial charge on any atom is 0.410 e. The van der Waals surface area contributed by atoms with Crippen molar-refractivity contribution >= 4 is 33.5 Å². The molecule has 14 heteroatoms. The normalized spacial score (nSPS) is 16.4. The Balaban J connectivity index is 1.42. The Morgan fingerprint density at radius 2 is 1.73 bits per heavy atom. The van der Waals surface area contributed by atoms with E-state index in [1.807, 2.05) is 12.1 Å². The largest absolute Gasteiger partial charge is 0.497 e. The molecule has 0 bridgehead atoms. The van der Waals surface area contributed by atoms with E-state index < -0.39 is 44.0 Å². The van der Waals surface area contributed by atoms with Crippen LogP contribution >= 0.6 is 11.6 Å². The topological polar surface area (TPSA) is 108 Å². The molecule has 1 fully saturated rings. The Kier molecular flexibility index (Phi) is 11.6. The number of ether oxygens (including phenoxy) is 4. The Hall–Kier alpha value is -4.62. The molecule has 4 aromatic rings. The van der Waals surface area contributed by atoms with E-state index in [0.29, 0.717) is 41.1 Å². The summed E-state index contributed by atoms with van der Waals surface area (Å²) in [6, 6.07) is 18.1. The first-order valence-electron chi connectivity index (χ1n) is 16.2. The highest BCUT2D eigenvalue weighted by Gasteiger charge is 2.36. The zero-order valence-electron chi connectivity index (χ0n) is 28.9. The van der Waals surface area contributed by atoms with Crippen molar-refractivity contribution in [1.82, 2.24) is 9.88 Å². The molecule has 3 aromatic carbocycles. The van der Waals surface area contributed by atoms with Gasteiger partial charge in [0.2, 0.25) is 0 Å². The van der Waals surface area contributed by atoms with E-state index in [1.54, 1.807) is 68.1 Å². The predicted octanol–water partition coefficient (Wildman–Crippen LogP) is 7.85. The van der Waals surface area contributed by atoms with Crippen LogP contribution in [0.1, 0.15) is 44.2 Å². The predicted molar refractivity (Wildman–Crippen MR) is 189 cm³/mol. The summed E-state index contributed by atoms with van der Waals surface area (Å²) >= 11 is 6.12. The summed E-state index contributed by atoms with van der Waals surface area (Å²) in [6.07, 6.45) is 1.47. The quantitative estimate of drug-likeness (QED) is 0.153. The van der Waals surface area contributed by atoms with Gasteiger partial charge in [-0.15, -0.1) is 0 Å². The lowest BCUT2D eigenvalue weighted by Crippen LogP contribution is -2.46. The lowest BCUT2D eigenvalue weighted by molar-refractivity contribution is 0.0110. The van der Waals surface area contributed by atoms with Crippen molar-refractivity contribution in [1.29, 1.82) is 0 Å². The third kappa shape index (κ3) is 9.01. The summed E-state index contributed by atoms with van der Waals surface area (Å²) in [6.45, 7) is 5.56. The first kappa shape index (κ1) is 37.6. The minimum atomic E-state index is -4.73. The fourth-order valence-corrected chi connectivity index (χ4v) is 7.49. The van der Waals surface area contributed by atoms with Crippen molar-refractivity contribution in [2.75, 3.05) is 38.2 Å². The number of likely N-dealkylation sites (tertiary alicyclic amines) is 1. The van der Waals surface area contributed by atoms with Gasteiger partial charge in [-0.3, -0.25) is 0 Å². The minimum Gasteiger partial charge on any atom is -0.497 e. The van der Waals surface area contributed by atoms with Crippen LogP contribution in [0.5, 0.6) is 17.2 Å². The first-order valence-corrected chi connectivity index (χ1v) is 18.0. The second-order valence-electron chi connectivity index (χ2n) is 13.0. The Morgan fingerprint density at radius 1 is 0.980 bits per heavy atom. The number of methoxy groups -OCH3 is 2. The second-order valence-corrected chi connectivity index (χ2v) is 15.3. The van der Waals surface area contributed by atoms with Gasteiger partial charge in [-0.05, 0) is 75.1 Å². The third-order valence-electron chi connectivity index (χ3n) is 8.40. The van der Waals surface area contributed by atoms with Gasteiger partial charge in [0.25, 0.3) is 10.0 Å². The molecule has 0 spiro atoms. The average molecular weight is 744 g/mol. The summed E-state index contributed by atoms with van der Waals surface area (Å²) in [5.41, 5.74) is 0.677. The van der Waals surface area contributed by atoms with Gasteiger partial charge in [-0.1, -0.05) is 29.8 Å². The number of anilines is 1. The summed E-state index contributed by atoms with van der Waals surface area (Å²) in [5.74, 6) is -2.44. The van der Waals surface area contributed by atoms with Crippen LogP contribution in [-0.4, -0.2) is 63.9 Å². The van der Waals surface area contributed by atoms with E-state index in [1.165, 1.54) is 26.5 Å². The number of rotatable bonds is 11. The minimum absolute atomic E-state index is 0.0180. The summed E-state index contributed by atoms with van der Waals surface area (Å²) in [5, 5.41) is 0.565. The standard InChI is InChI=1S/C37H40ClF2N3O7S/c1-37(2,3)50-36(44)42-17-15-29(24-9-12-27(38)13-10-24)26(21-42)23-49-33-19-31(40)34(20-30(33)39)51(45,46)43(35-8-6-7-16-41-35)22-25-11-14-28(47-4)18-32(25)48-5/h6-14,16,18-20,26,29H,15,17,21-23H2,1-5H3. The number of carbonyl (C=O) groups is 1. The van der Waals surface area contributed by atoms with Crippen LogP contribution in [0.4, 0.5) is 19.4 Å². The van der Waals surface area contributed by atoms with E-state index in [2.05, 4.69) is 4.98 Å². The van der Waals surface area contributed by atoms with Crippen LogP contribution in [0, 0.1) is 17.6 Å². The number of halogens is 3. The van der Waals surface area contributed by atoms with Gasteiger partial charge in [-0.2, -0.15) is 0 Å². The molecule has 1 aliphatic rings. The number of hydrogen-bond donors (Lipinski definition) is 0. The molecule has 2 heterocycles. The molecular formula is C37H40ClF2N3O7S. The van der Waals surface area contributed by atoms with E-state index in [-0.39, 0.29) is 37.4 Å². The fraction of sp³-hybridized carbons (Fsp3) is 0.351. The summed E-state index contributed by atoms with van der Waals surface area (Å²) in [4.78, 5) is 17.8. The Labute approximate surface area is 301 Å². The van der Waals surface area contributed by atoms with Crippen LogP contribution in [0.3, 0.4) is 0 Å². The van der Waals surface area contributed by atoms with Crippen LogP contribution in [0.2, 0.25) is 5.02 Å². The van der Waals surface area contributed by atoms with Gasteiger partial charge in [0.05, 0.1) is 27.4 Å². The number of pyridine rings is 1. The molecule has 0 N–H and O–H groups in total. The monoisotopic (exact) mass is 743 g/mol. The summed E-state index contributed by atoms with van der Waals surface area (Å²) in [7, 11) is -1.83. The highest BCUT2D eigenvalue weighted by atomic mass is 35.5. The SMILES string of the molecule is COc1ccc(CN(c2ccccn2)S(=O)(=O)c2cc(F)c(OCC3CN(C(=O)OC(C)(C)C)CCC3c3ccc(Cl)cc3)cc2F)c(OC)c1. The maximum absolute atomic E-state index is 15.9. The highest BCUT2D eigenvalue weighted by molar-refractivity contribution is 7.92. The van der Waals surface area contributed by atoms with Crippen LogP contribution in [0.15, 0.2) is 83.9 Å². The third-order valence-corrected chi connectivity index (χ3v) is 10.4. The Bertz CT molecular complexity index is 1940. The lowest BCUT2D eigenvalue weighted by Gasteiger charge is -2.39. The van der Waals surface area contributed by atoms with Gasteiger partial charge in [-0.25, -0.2) is 31.3 Å². The number of carbonyl (C=O) groups excluding carboxylic acids is 1. The van der Waals surface area contributed by atoms with Crippen LogP contribution < -0.4 is 18.5 Å². The van der Waals surface area contributed by atoms with E-state index in [9.17, 15) is 13.2 Å². The molecule has 1 aromatic heterocycles. The van der Waals surface area contributed by atoms with Crippen molar-refractivity contribution in [3.63, 3.8) is 0 Å². The molecule has 2 atom stereocenters. The Morgan fingerprint density at radius 3 is 2.37 bits per heavy atom. The molecule has 1 aliphatic heterocycles. The van der Waals surface area contributed by atoms with E-state index in [0.717, 1.165) is 15.9 Å². The molecule has 272 valence electrons. The second kappa shape index (κ2) is 15.7. The van der Waals surface area contributed by atoms with Crippen molar-refractivity contribution in [2.45, 2.75) is 50.2 Å². The van der Waals surface area contributed by atoms with Gasteiger partial charge < -0.3 is 23.8 Å². The first-order chi connectivity index (χ1) is 24.2. The van der Waals surface area contributed by atoms with Gasteiger partial charge in [0.15, 0.2) is 11.6 Å². The zero-order valence-corrected chi connectivity index (χ0v) is 30.5. The lowest BCUT2D eigenvalue weighted by atomic mass is 9.81. The highest BCUT2D eigenvalue weighted by Crippen LogP contribution is 2.37. The zero-order chi connectivity index (χ0) is 36.9. The van der Waals surface area contributed by atoms with E-state index in [4.69, 9.17) is 30.5 Å². The van der Waals surface area contributed by atoms with Crippen molar-refractivity contribution in [3.8, 4) is 17.2 Å². The van der Waals surface area contributed by atoms with Gasteiger partial charge in [0.1, 0.15) is 33.6 Å². The number of nitrogens with zero attached hydrogens (tertiary/aromatic N) is 3. The molecular weight excluding hydrogens is 704 g/mol. The van der Waals surface area contributed by atoms with Crippen molar-refractivity contribution in [3.05, 3.63) is 107 Å². The smallest absolute Gasteiger partial charge is 0.410 e. The molecule has 1 saturated heterocycles. The number of amides is 1. The van der Waals surface area contributed by atoms with Crippen molar-refractivity contribution < 1.29 is 40.9 Å².